The summed E-state index contributed by atoms with van der Waals surface area (Å²) < 4.78 is 0. The molecule has 20 heavy (non-hydrogen) atoms. The van der Waals surface area contributed by atoms with E-state index in [0.717, 1.165) is 42.6 Å². The minimum atomic E-state index is 0. The summed E-state index contributed by atoms with van der Waals surface area (Å²) in [7, 11) is 0. The van der Waals surface area contributed by atoms with E-state index in [0.29, 0.717) is 6.04 Å². The molecule has 1 aliphatic heterocycles. The summed E-state index contributed by atoms with van der Waals surface area (Å²) in [6.07, 6.45) is 2.31. The van der Waals surface area contributed by atoms with Crippen molar-refractivity contribution in [3.05, 3.63) is 33.8 Å². The molecule has 2 rings (SSSR count). The molecule has 0 aromatic heterocycles. The number of hydrogen-bond donors (Lipinski definition) is 1. The Bertz CT molecular complexity index is 375. The van der Waals surface area contributed by atoms with Gasteiger partial charge in [0.2, 0.25) is 0 Å². The third-order valence-electron chi connectivity index (χ3n) is 3.42. The lowest BCUT2D eigenvalue weighted by Crippen LogP contribution is -2.45. The van der Waals surface area contributed by atoms with Crippen LogP contribution in [0, 0.1) is 0 Å². The van der Waals surface area contributed by atoms with Crippen LogP contribution in [0.3, 0.4) is 0 Å². The van der Waals surface area contributed by atoms with Gasteiger partial charge in [0, 0.05) is 42.3 Å². The van der Waals surface area contributed by atoms with Gasteiger partial charge in [0.1, 0.15) is 0 Å². The highest BCUT2D eigenvalue weighted by molar-refractivity contribution is 6.34. The standard InChI is InChI=1S/C14H20Cl2N2.2ClH/c1-2-3-14(18-6-4-17-5-7-18)11-8-12(15)10-13(16)9-11;;/h8-10,14,17H,2-7H2,1H3;2*1H/t14-;;/m0../s1. The zero-order valence-electron chi connectivity index (χ0n) is 11.6. The van der Waals surface area contributed by atoms with E-state index in [9.17, 15) is 0 Å². The molecule has 0 saturated carbocycles. The Morgan fingerprint density at radius 3 is 2.15 bits per heavy atom. The van der Waals surface area contributed by atoms with Gasteiger partial charge in [-0.05, 0) is 30.2 Å². The molecule has 0 radical (unpaired) electrons. The van der Waals surface area contributed by atoms with Crippen molar-refractivity contribution in [1.82, 2.24) is 10.2 Å². The van der Waals surface area contributed by atoms with Crippen LogP contribution in [0.5, 0.6) is 0 Å². The monoisotopic (exact) mass is 358 g/mol. The first kappa shape index (κ1) is 20.3. The predicted molar refractivity (Wildman–Crippen MR) is 93.0 cm³/mol. The third kappa shape index (κ3) is 5.59. The highest BCUT2D eigenvalue weighted by Gasteiger charge is 2.21. The van der Waals surface area contributed by atoms with Crippen LogP contribution in [-0.2, 0) is 0 Å². The normalized spacial score (nSPS) is 16.9. The summed E-state index contributed by atoms with van der Waals surface area (Å²) in [4.78, 5) is 2.53. The molecule has 6 heteroatoms. The summed E-state index contributed by atoms with van der Waals surface area (Å²) in [5.41, 5.74) is 1.25. The summed E-state index contributed by atoms with van der Waals surface area (Å²) in [6, 6.07) is 6.34. The quantitative estimate of drug-likeness (QED) is 0.846. The molecule has 0 unspecified atom stereocenters. The first-order chi connectivity index (χ1) is 8.70. The molecule has 1 heterocycles. The van der Waals surface area contributed by atoms with Crippen molar-refractivity contribution in [2.24, 2.45) is 0 Å². The lowest BCUT2D eigenvalue weighted by molar-refractivity contribution is 0.164. The molecule has 1 atom stereocenters. The van der Waals surface area contributed by atoms with Crippen LogP contribution < -0.4 is 5.32 Å². The zero-order valence-corrected chi connectivity index (χ0v) is 14.7. The lowest BCUT2D eigenvalue weighted by atomic mass is 10.00. The molecule has 2 nitrogen and oxygen atoms in total. The summed E-state index contributed by atoms with van der Waals surface area (Å²) in [5, 5.41) is 4.85. The Labute approximate surface area is 144 Å². The first-order valence-electron chi connectivity index (χ1n) is 6.61. The van der Waals surface area contributed by atoms with Crippen molar-refractivity contribution >= 4 is 48.0 Å². The van der Waals surface area contributed by atoms with Crippen LogP contribution in [0.2, 0.25) is 10.0 Å². The topological polar surface area (TPSA) is 15.3 Å². The Morgan fingerprint density at radius 1 is 1.10 bits per heavy atom. The van der Waals surface area contributed by atoms with Gasteiger partial charge in [-0.25, -0.2) is 0 Å². The fourth-order valence-corrected chi connectivity index (χ4v) is 3.14. The highest BCUT2D eigenvalue weighted by atomic mass is 35.5. The van der Waals surface area contributed by atoms with Gasteiger partial charge in [-0.3, -0.25) is 4.90 Å². The zero-order chi connectivity index (χ0) is 13.0. The lowest BCUT2D eigenvalue weighted by Gasteiger charge is -2.35. The fourth-order valence-electron chi connectivity index (χ4n) is 2.59. The predicted octanol–water partition coefficient (Wildman–Crippen LogP) is 4.58. The second kappa shape index (κ2) is 10.1. The van der Waals surface area contributed by atoms with E-state index >= 15 is 0 Å². The molecule has 116 valence electrons. The van der Waals surface area contributed by atoms with Gasteiger partial charge in [0.25, 0.3) is 0 Å². The molecule has 1 N–H and O–H groups in total. The summed E-state index contributed by atoms with van der Waals surface area (Å²) in [6.45, 7) is 6.54. The van der Waals surface area contributed by atoms with Gasteiger partial charge in [0.05, 0.1) is 0 Å². The van der Waals surface area contributed by atoms with E-state index in [1.165, 1.54) is 12.0 Å². The van der Waals surface area contributed by atoms with Gasteiger partial charge >= 0.3 is 0 Å². The van der Waals surface area contributed by atoms with Gasteiger partial charge in [0.15, 0.2) is 0 Å². The van der Waals surface area contributed by atoms with E-state index in [1.807, 2.05) is 0 Å². The van der Waals surface area contributed by atoms with Crippen molar-refractivity contribution < 1.29 is 0 Å². The molecular formula is C14H22Cl4N2. The fraction of sp³-hybridized carbons (Fsp3) is 0.571. The van der Waals surface area contributed by atoms with Crippen molar-refractivity contribution in [1.29, 1.82) is 0 Å². The maximum Gasteiger partial charge on any atom is 0.0424 e. The minimum Gasteiger partial charge on any atom is -0.314 e. The maximum absolute atomic E-state index is 6.12. The average Bonchev–Trinajstić information content (AvgIpc) is 2.36. The van der Waals surface area contributed by atoms with Gasteiger partial charge in [-0.2, -0.15) is 0 Å². The van der Waals surface area contributed by atoms with Crippen molar-refractivity contribution in [2.75, 3.05) is 26.2 Å². The van der Waals surface area contributed by atoms with Crippen molar-refractivity contribution in [2.45, 2.75) is 25.8 Å². The van der Waals surface area contributed by atoms with Crippen LogP contribution >= 0.6 is 48.0 Å². The molecule has 0 spiro atoms. The van der Waals surface area contributed by atoms with Crippen LogP contribution in [0.15, 0.2) is 18.2 Å². The number of benzene rings is 1. The average molecular weight is 360 g/mol. The molecule has 1 aromatic carbocycles. The number of hydrogen-bond acceptors (Lipinski definition) is 2. The molecule has 0 bridgehead atoms. The van der Waals surface area contributed by atoms with E-state index in [1.54, 1.807) is 6.07 Å². The molecule has 1 aliphatic rings. The molecule has 1 aromatic rings. The van der Waals surface area contributed by atoms with Gasteiger partial charge in [-0.1, -0.05) is 36.5 Å². The van der Waals surface area contributed by atoms with E-state index < -0.39 is 0 Å². The third-order valence-corrected chi connectivity index (χ3v) is 3.86. The maximum atomic E-state index is 6.12. The first-order valence-corrected chi connectivity index (χ1v) is 7.37. The second-order valence-electron chi connectivity index (χ2n) is 4.79. The van der Waals surface area contributed by atoms with Crippen molar-refractivity contribution in [3.8, 4) is 0 Å². The molecule has 0 aliphatic carbocycles. The molecule has 0 amide bonds. The summed E-state index contributed by atoms with van der Waals surface area (Å²) >= 11 is 12.2. The largest absolute Gasteiger partial charge is 0.314 e. The van der Waals surface area contributed by atoms with Gasteiger partial charge < -0.3 is 5.32 Å². The minimum absolute atomic E-state index is 0. The molecule has 1 fully saturated rings. The Morgan fingerprint density at radius 2 is 1.65 bits per heavy atom. The van der Waals surface area contributed by atoms with Crippen LogP contribution in [0.1, 0.15) is 31.4 Å². The van der Waals surface area contributed by atoms with Crippen LogP contribution in [0.25, 0.3) is 0 Å². The van der Waals surface area contributed by atoms with Crippen LogP contribution in [-0.4, -0.2) is 31.1 Å². The number of nitrogens with zero attached hydrogens (tertiary/aromatic N) is 1. The number of halogens is 4. The van der Waals surface area contributed by atoms with E-state index in [2.05, 4.69) is 29.3 Å². The SMILES string of the molecule is CCC[C@@H](c1cc(Cl)cc(Cl)c1)N1CCNCC1.Cl.Cl. The van der Waals surface area contributed by atoms with E-state index in [-0.39, 0.29) is 24.8 Å². The highest BCUT2D eigenvalue weighted by Crippen LogP contribution is 2.30. The van der Waals surface area contributed by atoms with Crippen LogP contribution in [0.4, 0.5) is 0 Å². The van der Waals surface area contributed by atoms with Crippen molar-refractivity contribution in [3.63, 3.8) is 0 Å². The Balaban J connectivity index is 0.00000180. The second-order valence-corrected chi connectivity index (χ2v) is 5.67. The molecule has 1 saturated heterocycles. The smallest absolute Gasteiger partial charge is 0.0424 e. The summed E-state index contributed by atoms with van der Waals surface area (Å²) in [5.74, 6) is 0. The Kier molecular flexibility index (Phi) is 10.2. The number of piperazine rings is 1. The van der Waals surface area contributed by atoms with Gasteiger partial charge in [-0.15, -0.1) is 24.8 Å². The Hall–Kier alpha value is 0.300. The number of nitrogens with one attached hydrogen (secondary N) is 1. The molecular weight excluding hydrogens is 338 g/mol. The van der Waals surface area contributed by atoms with E-state index in [4.69, 9.17) is 23.2 Å². The number of rotatable bonds is 4.